The van der Waals surface area contributed by atoms with Gasteiger partial charge in [0.1, 0.15) is 4.92 Å². The van der Waals surface area contributed by atoms with Gasteiger partial charge in [0.2, 0.25) is 0 Å². The number of hydrazone groups is 1. The van der Waals surface area contributed by atoms with Gasteiger partial charge in [0.25, 0.3) is 11.5 Å². The highest BCUT2D eigenvalue weighted by atomic mass is 16.6. The van der Waals surface area contributed by atoms with Crippen LogP contribution in [0, 0.1) is 10.1 Å². The second-order valence-electron chi connectivity index (χ2n) is 5.87. The average Bonchev–Trinajstić information content (AvgIpc) is 3.11. The maximum atomic E-state index is 12.5. The summed E-state index contributed by atoms with van der Waals surface area (Å²) in [4.78, 5) is 34.9. The second-order valence-corrected chi connectivity index (χ2v) is 5.87. The Kier molecular flexibility index (Phi) is 4.79. The minimum atomic E-state index is -0.679. The Labute approximate surface area is 152 Å². The van der Waals surface area contributed by atoms with E-state index >= 15 is 0 Å². The van der Waals surface area contributed by atoms with Crippen molar-refractivity contribution in [3.05, 3.63) is 68.3 Å². The van der Waals surface area contributed by atoms with Crippen LogP contribution in [0.4, 0.5) is 5.88 Å². The van der Waals surface area contributed by atoms with E-state index in [9.17, 15) is 19.7 Å². The molecule has 1 amide bonds. The molecule has 10 nitrogen and oxygen atoms in total. The molecule has 3 rings (SSSR count). The van der Waals surface area contributed by atoms with E-state index in [0.717, 1.165) is 6.21 Å². The Hall–Kier alpha value is -3.82. The van der Waals surface area contributed by atoms with Gasteiger partial charge in [0, 0.05) is 5.39 Å². The number of nitro groups is 1. The van der Waals surface area contributed by atoms with E-state index in [0.29, 0.717) is 10.8 Å². The zero-order valence-corrected chi connectivity index (χ0v) is 14.4. The van der Waals surface area contributed by atoms with Crippen LogP contribution in [0.2, 0.25) is 0 Å². The van der Waals surface area contributed by atoms with Gasteiger partial charge in [-0.1, -0.05) is 18.2 Å². The van der Waals surface area contributed by atoms with Crippen LogP contribution in [0.5, 0.6) is 0 Å². The predicted octanol–water partition coefficient (Wildman–Crippen LogP) is 2.24. The second kappa shape index (κ2) is 7.20. The highest BCUT2D eigenvalue weighted by Crippen LogP contribution is 2.15. The zero-order chi connectivity index (χ0) is 19.6. The number of rotatable bonds is 5. The van der Waals surface area contributed by atoms with Gasteiger partial charge < -0.3 is 4.42 Å². The van der Waals surface area contributed by atoms with Crippen molar-refractivity contribution < 1.29 is 14.1 Å². The summed E-state index contributed by atoms with van der Waals surface area (Å²) >= 11 is 0. The smallest absolute Gasteiger partial charge is 0.400 e. The van der Waals surface area contributed by atoms with E-state index in [1.165, 1.54) is 16.8 Å². The molecule has 0 aliphatic carbocycles. The number of carbonyl (C=O) groups excluding carboxylic acids is 1. The Morgan fingerprint density at radius 1 is 1.30 bits per heavy atom. The Bertz CT molecular complexity index is 1110. The summed E-state index contributed by atoms with van der Waals surface area (Å²) in [5.74, 6) is -0.954. The number of aromatic nitrogens is 2. The van der Waals surface area contributed by atoms with Gasteiger partial charge in [0.05, 0.1) is 23.7 Å². The predicted molar refractivity (Wildman–Crippen MR) is 96.8 cm³/mol. The highest BCUT2D eigenvalue weighted by Gasteiger charge is 2.17. The van der Waals surface area contributed by atoms with Crippen LogP contribution in [-0.2, 0) is 0 Å². The molecule has 0 saturated carbocycles. The third-order valence-electron chi connectivity index (χ3n) is 3.68. The molecule has 0 saturated heterocycles. The topological polar surface area (TPSA) is 133 Å². The summed E-state index contributed by atoms with van der Waals surface area (Å²) in [6, 6.07) is 8.95. The lowest BCUT2D eigenvalue weighted by Gasteiger charge is -2.12. The average molecular weight is 369 g/mol. The lowest BCUT2D eigenvalue weighted by atomic mass is 10.1. The number of fused-ring (bicyclic) bond motifs is 1. The molecule has 0 atom stereocenters. The number of furan rings is 1. The third kappa shape index (κ3) is 3.59. The molecule has 1 N–H and O–H groups in total. The number of nitrogens with one attached hydrogen (secondary N) is 1. The maximum Gasteiger partial charge on any atom is 0.433 e. The zero-order valence-electron chi connectivity index (χ0n) is 14.4. The lowest BCUT2D eigenvalue weighted by Crippen LogP contribution is -2.30. The number of hydrogen-bond donors (Lipinski definition) is 1. The number of benzene rings is 1. The van der Waals surface area contributed by atoms with Crippen molar-refractivity contribution in [2.75, 3.05) is 0 Å². The van der Waals surface area contributed by atoms with Crippen molar-refractivity contribution in [3.8, 4) is 0 Å². The van der Waals surface area contributed by atoms with Crippen molar-refractivity contribution in [1.82, 2.24) is 15.2 Å². The quantitative estimate of drug-likeness (QED) is 0.416. The molecule has 138 valence electrons. The van der Waals surface area contributed by atoms with Crippen molar-refractivity contribution >= 4 is 28.8 Å². The molecular weight excluding hydrogens is 354 g/mol. The van der Waals surface area contributed by atoms with Crippen LogP contribution in [0.1, 0.15) is 36.1 Å². The number of amides is 1. The van der Waals surface area contributed by atoms with Gasteiger partial charge in [-0.05, 0) is 26.0 Å². The van der Waals surface area contributed by atoms with Gasteiger partial charge in [0.15, 0.2) is 11.5 Å². The van der Waals surface area contributed by atoms with Crippen LogP contribution in [0.25, 0.3) is 10.8 Å². The molecule has 10 heteroatoms. The van der Waals surface area contributed by atoms with Crippen molar-refractivity contribution in [2.45, 2.75) is 19.9 Å². The first-order valence-electron chi connectivity index (χ1n) is 7.97. The Morgan fingerprint density at radius 2 is 2.00 bits per heavy atom. The standard InChI is InChI=1S/C17H15N5O5/c1-10(2)21-17(24)13-6-4-3-5-12(13)15(20-21)16(23)19-18-9-11-7-8-14(27-11)22(25)26/h3-10H,1-2H3,(H,19,23)/b18-9-. The summed E-state index contributed by atoms with van der Waals surface area (Å²) < 4.78 is 6.14. The van der Waals surface area contributed by atoms with Crippen molar-refractivity contribution in [1.29, 1.82) is 0 Å². The monoisotopic (exact) mass is 369 g/mol. The molecule has 0 radical (unpaired) electrons. The molecule has 1 aromatic carbocycles. The summed E-state index contributed by atoms with van der Waals surface area (Å²) in [6.07, 6.45) is 1.13. The fourth-order valence-electron chi connectivity index (χ4n) is 2.44. The van der Waals surface area contributed by atoms with Crippen LogP contribution >= 0.6 is 0 Å². The van der Waals surface area contributed by atoms with Crippen LogP contribution < -0.4 is 11.0 Å². The van der Waals surface area contributed by atoms with Crippen LogP contribution in [0.15, 0.2) is 50.7 Å². The van der Waals surface area contributed by atoms with Crippen molar-refractivity contribution in [3.63, 3.8) is 0 Å². The minimum Gasteiger partial charge on any atom is -0.400 e. The highest BCUT2D eigenvalue weighted by molar-refractivity contribution is 6.04. The summed E-state index contributed by atoms with van der Waals surface area (Å²) in [7, 11) is 0. The Balaban J connectivity index is 1.91. The van der Waals surface area contributed by atoms with E-state index in [1.54, 1.807) is 38.1 Å². The molecule has 0 aliphatic rings. The maximum absolute atomic E-state index is 12.5. The van der Waals surface area contributed by atoms with E-state index in [1.807, 2.05) is 0 Å². The van der Waals surface area contributed by atoms with Gasteiger partial charge in [-0.15, -0.1) is 0 Å². The van der Waals surface area contributed by atoms with Gasteiger partial charge in [-0.2, -0.15) is 10.2 Å². The molecule has 0 aliphatic heterocycles. The molecule has 2 aromatic heterocycles. The van der Waals surface area contributed by atoms with Gasteiger partial charge >= 0.3 is 5.88 Å². The molecule has 0 unspecified atom stereocenters. The molecule has 0 spiro atoms. The first kappa shape index (κ1) is 18.0. The van der Waals surface area contributed by atoms with Crippen LogP contribution in [-0.4, -0.2) is 26.8 Å². The van der Waals surface area contributed by atoms with E-state index < -0.39 is 16.7 Å². The summed E-state index contributed by atoms with van der Waals surface area (Å²) in [5, 5.41) is 19.2. The first-order valence-corrected chi connectivity index (χ1v) is 7.97. The lowest BCUT2D eigenvalue weighted by molar-refractivity contribution is -0.402. The van der Waals surface area contributed by atoms with E-state index in [-0.39, 0.29) is 23.1 Å². The number of nitrogens with zero attached hydrogens (tertiary/aromatic N) is 4. The first-order chi connectivity index (χ1) is 12.9. The summed E-state index contributed by atoms with van der Waals surface area (Å²) in [6.45, 7) is 3.57. The SMILES string of the molecule is CC(C)n1nc(C(=O)N/N=C\c2ccc([N+](=O)[O-])o2)c2ccccc2c1=O. The molecule has 2 heterocycles. The minimum absolute atomic E-state index is 0.0430. The van der Waals surface area contributed by atoms with E-state index in [2.05, 4.69) is 15.6 Å². The molecule has 27 heavy (non-hydrogen) atoms. The van der Waals surface area contributed by atoms with E-state index in [4.69, 9.17) is 4.42 Å². The normalized spacial score (nSPS) is 11.4. The fraction of sp³-hybridized carbons (Fsp3) is 0.176. The number of carbonyl (C=O) groups is 1. The van der Waals surface area contributed by atoms with Crippen molar-refractivity contribution in [2.24, 2.45) is 5.10 Å². The summed E-state index contributed by atoms with van der Waals surface area (Å²) in [5.41, 5.74) is 2.04. The van der Waals surface area contributed by atoms with Crippen LogP contribution in [0.3, 0.4) is 0 Å². The number of hydrogen-bond acceptors (Lipinski definition) is 7. The largest absolute Gasteiger partial charge is 0.433 e. The van der Waals surface area contributed by atoms with Gasteiger partial charge in [-0.25, -0.2) is 10.1 Å². The third-order valence-corrected chi connectivity index (χ3v) is 3.68. The molecule has 0 fully saturated rings. The molecule has 0 bridgehead atoms. The van der Waals surface area contributed by atoms with Gasteiger partial charge in [-0.3, -0.25) is 19.7 Å². The molecular formula is C17H15N5O5. The molecule has 3 aromatic rings. The fourth-order valence-corrected chi connectivity index (χ4v) is 2.44. The Morgan fingerprint density at radius 3 is 2.63 bits per heavy atom.